The fraction of sp³-hybridized carbons (Fsp3) is 0.391. The molecule has 28 heavy (non-hydrogen) atoms. The zero-order valence-corrected chi connectivity index (χ0v) is 16.9. The maximum atomic E-state index is 9.95. The molecular formula is C23H27NO4. The second-order valence-corrected chi connectivity index (χ2v) is 7.23. The summed E-state index contributed by atoms with van der Waals surface area (Å²) in [7, 11) is 5.01. The molecule has 1 unspecified atom stereocenters. The second-order valence-electron chi connectivity index (χ2n) is 7.23. The van der Waals surface area contributed by atoms with E-state index in [-0.39, 0.29) is 12.6 Å². The molecular weight excluding hydrogens is 354 g/mol. The lowest BCUT2D eigenvalue weighted by atomic mass is 9.85. The van der Waals surface area contributed by atoms with E-state index < -0.39 is 0 Å². The first-order valence-electron chi connectivity index (χ1n) is 9.67. The van der Waals surface area contributed by atoms with Crippen LogP contribution in [0.15, 0.2) is 30.3 Å². The molecule has 5 nitrogen and oxygen atoms in total. The summed E-state index contributed by atoms with van der Waals surface area (Å²) in [5.41, 5.74) is 2.61. The molecule has 0 aromatic heterocycles. The van der Waals surface area contributed by atoms with Gasteiger partial charge in [-0.2, -0.15) is 0 Å². The Bertz CT molecular complexity index is 1030. The monoisotopic (exact) mass is 381 g/mol. The minimum atomic E-state index is 0.129. The average Bonchev–Trinajstić information content (AvgIpc) is 2.76. The molecule has 0 spiro atoms. The molecule has 0 radical (unpaired) electrons. The minimum Gasteiger partial charge on any atom is -0.497 e. The molecule has 0 fully saturated rings. The van der Waals surface area contributed by atoms with Crippen LogP contribution in [0.5, 0.6) is 17.2 Å². The Morgan fingerprint density at radius 1 is 0.893 bits per heavy atom. The molecule has 0 amide bonds. The maximum absolute atomic E-state index is 9.95. The second kappa shape index (κ2) is 7.49. The van der Waals surface area contributed by atoms with Crippen molar-refractivity contribution in [2.75, 3.05) is 34.5 Å². The van der Waals surface area contributed by atoms with Gasteiger partial charge in [0.1, 0.15) is 5.75 Å². The van der Waals surface area contributed by atoms with Crippen molar-refractivity contribution in [3.05, 3.63) is 41.5 Å². The van der Waals surface area contributed by atoms with Gasteiger partial charge in [0, 0.05) is 12.6 Å². The molecule has 1 aliphatic rings. The lowest BCUT2D eigenvalue weighted by Crippen LogP contribution is -2.42. The molecule has 148 valence electrons. The van der Waals surface area contributed by atoms with Crippen molar-refractivity contribution >= 4 is 21.5 Å². The average molecular weight is 381 g/mol. The minimum absolute atomic E-state index is 0.129. The van der Waals surface area contributed by atoms with Crippen LogP contribution in [-0.4, -0.2) is 50.5 Å². The van der Waals surface area contributed by atoms with E-state index in [4.69, 9.17) is 14.2 Å². The van der Waals surface area contributed by atoms with Crippen LogP contribution < -0.4 is 14.2 Å². The summed E-state index contributed by atoms with van der Waals surface area (Å²) in [4.78, 5) is 2.35. The van der Waals surface area contributed by atoms with Crippen molar-refractivity contribution in [3.8, 4) is 17.2 Å². The highest BCUT2D eigenvalue weighted by Gasteiger charge is 2.28. The van der Waals surface area contributed by atoms with E-state index in [0.29, 0.717) is 5.75 Å². The summed E-state index contributed by atoms with van der Waals surface area (Å²) in [5, 5.41) is 14.6. The van der Waals surface area contributed by atoms with Gasteiger partial charge >= 0.3 is 0 Å². The summed E-state index contributed by atoms with van der Waals surface area (Å²) in [6, 6.07) is 10.5. The number of hydrogen-bond donors (Lipinski definition) is 1. The van der Waals surface area contributed by atoms with E-state index in [1.165, 1.54) is 16.5 Å². The van der Waals surface area contributed by atoms with E-state index in [1.54, 1.807) is 21.3 Å². The Morgan fingerprint density at radius 3 is 2.18 bits per heavy atom. The first-order valence-corrected chi connectivity index (χ1v) is 9.67. The third kappa shape index (κ3) is 2.86. The lowest BCUT2D eigenvalue weighted by molar-refractivity contribution is 0.113. The molecule has 1 aliphatic heterocycles. The van der Waals surface area contributed by atoms with Gasteiger partial charge in [0.2, 0.25) is 0 Å². The summed E-state index contributed by atoms with van der Waals surface area (Å²) in [5.74, 6) is 2.27. The van der Waals surface area contributed by atoms with Crippen LogP contribution in [0.3, 0.4) is 0 Å². The van der Waals surface area contributed by atoms with Crippen molar-refractivity contribution in [2.45, 2.75) is 25.9 Å². The topological polar surface area (TPSA) is 51.2 Å². The molecule has 0 saturated heterocycles. The van der Waals surface area contributed by atoms with Gasteiger partial charge in [-0.15, -0.1) is 0 Å². The van der Waals surface area contributed by atoms with Gasteiger partial charge in [-0.05, 0) is 69.9 Å². The number of ether oxygens (including phenoxy) is 3. The first kappa shape index (κ1) is 18.8. The number of benzene rings is 3. The smallest absolute Gasteiger partial charge is 0.161 e. The highest BCUT2D eigenvalue weighted by Crippen LogP contribution is 2.43. The van der Waals surface area contributed by atoms with E-state index in [9.17, 15) is 5.11 Å². The van der Waals surface area contributed by atoms with Crippen molar-refractivity contribution in [1.29, 1.82) is 0 Å². The third-order valence-corrected chi connectivity index (χ3v) is 5.99. The Kier molecular flexibility index (Phi) is 5.04. The van der Waals surface area contributed by atoms with Crippen molar-refractivity contribution in [2.24, 2.45) is 0 Å². The standard InChI is InChI=1S/C23H27NO4/c1-5-24-12-21-16-7-6-15(26-2)9-18(16)20-11-23(28-4)22(27-3)10-19(20)17(21)8-14(24)13-25/h6-7,9-11,14,25H,5,8,12-13H2,1-4H3. The third-order valence-electron chi connectivity index (χ3n) is 5.99. The predicted octanol–water partition coefficient (Wildman–Crippen LogP) is 3.76. The zero-order chi connectivity index (χ0) is 19.8. The molecule has 0 saturated carbocycles. The number of likely N-dealkylation sites (N-methyl/N-ethyl adjacent to an activating group) is 1. The van der Waals surface area contributed by atoms with Crippen LogP contribution in [0.2, 0.25) is 0 Å². The molecule has 1 heterocycles. The van der Waals surface area contributed by atoms with Gasteiger partial charge in [-0.1, -0.05) is 13.0 Å². The van der Waals surface area contributed by atoms with Crippen LogP contribution in [-0.2, 0) is 13.0 Å². The number of nitrogens with zero attached hydrogens (tertiary/aromatic N) is 1. The molecule has 3 aromatic rings. The van der Waals surface area contributed by atoms with Crippen LogP contribution in [0.1, 0.15) is 18.1 Å². The SMILES string of the molecule is CCN1Cc2c(c3cc(OC)c(OC)cc3c3cc(OC)ccc23)CC1CO. The summed E-state index contributed by atoms with van der Waals surface area (Å²) in [6.45, 7) is 4.03. The van der Waals surface area contributed by atoms with Gasteiger partial charge in [-0.3, -0.25) is 4.90 Å². The van der Waals surface area contributed by atoms with Gasteiger partial charge in [-0.25, -0.2) is 0 Å². The van der Waals surface area contributed by atoms with Gasteiger partial charge in [0.15, 0.2) is 11.5 Å². The van der Waals surface area contributed by atoms with Gasteiger partial charge in [0.25, 0.3) is 0 Å². The van der Waals surface area contributed by atoms with E-state index in [1.807, 2.05) is 6.07 Å². The number of rotatable bonds is 5. The summed E-state index contributed by atoms with van der Waals surface area (Å²) in [6.07, 6.45) is 0.813. The number of aliphatic hydroxyl groups is 1. The quantitative estimate of drug-likeness (QED) is 0.682. The number of methoxy groups -OCH3 is 3. The molecule has 4 rings (SSSR count). The zero-order valence-electron chi connectivity index (χ0n) is 16.9. The van der Waals surface area contributed by atoms with Crippen LogP contribution in [0.4, 0.5) is 0 Å². The van der Waals surface area contributed by atoms with E-state index >= 15 is 0 Å². The normalized spacial score (nSPS) is 17.0. The Labute approximate surface area is 165 Å². The largest absolute Gasteiger partial charge is 0.497 e. The van der Waals surface area contributed by atoms with Crippen LogP contribution in [0.25, 0.3) is 21.5 Å². The fourth-order valence-corrected chi connectivity index (χ4v) is 4.47. The maximum Gasteiger partial charge on any atom is 0.161 e. The lowest BCUT2D eigenvalue weighted by Gasteiger charge is -2.36. The number of aliphatic hydroxyl groups excluding tert-OH is 1. The Balaban J connectivity index is 2.11. The Hall–Kier alpha value is -2.50. The first-order chi connectivity index (χ1) is 13.6. The van der Waals surface area contributed by atoms with E-state index in [0.717, 1.165) is 47.2 Å². The number of fused-ring (bicyclic) bond motifs is 6. The molecule has 0 aliphatic carbocycles. The van der Waals surface area contributed by atoms with Crippen LogP contribution in [0, 0.1) is 0 Å². The number of hydrogen-bond acceptors (Lipinski definition) is 5. The molecule has 1 N–H and O–H groups in total. The van der Waals surface area contributed by atoms with E-state index in [2.05, 4.69) is 36.1 Å². The fourth-order valence-electron chi connectivity index (χ4n) is 4.47. The molecule has 5 heteroatoms. The van der Waals surface area contributed by atoms with Crippen molar-refractivity contribution in [3.63, 3.8) is 0 Å². The van der Waals surface area contributed by atoms with Crippen molar-refractivity contribution in [1.82, 2.24) is 4.90 Å². The van der Waals surface area contributed by atoms with Crippen molar-refractivity contribution < 1.29 is 19.3 Å². The Morgan fingerprint density at radius 2 is 1.57 bits per heavy atom. The highest BCUT2D eigenvalue weighted by molar-refractivity contribution is 6.12. The van der Waals surface area contributed by atoms with Crippen LogP contribution >= 0.6 is 0 Å². The predicted molar refractivity (Wildman–Crippen MR) is 112 cm³/mol. The summed E-state index contributed by atoms with van der Waals surface area (Å²) >= 11 is 0. The summed E-state index contributed by atoms with van der Waals surface area (Å²) < 4.78 is 16.6. The highest BCUT2D eigenvalue weighted by atomic mass is 16.5. The molecule has 3 aromatic carbocycles. The molecule has 1 atom stereocenters. The van der Waals surface area contributed by atoms with Gasteiger partial charge in [0.05, 0.1) is 27.9 Å². The molecule has 0 bridgehead atoms. The van der Waals surface area contributed by atoms with Gasteiger partial charge < -0.3 is 19.3 Å².